The summed E-state index contributed by atoms with van der Waals surface area (Å²) >= 11 is 0. The number of ether oxygens (including phenoxy) is 3. The van der Waals surface area contributed by atoms with Crippen molar-refractivity contribution < 1.29 is 28.6 Å². The molecule has 0 rings (SSSR count). The van der Waals surface area contributed by atoms with Crippen LogP contribution < -0.4 is 0 Å². The summed E-state index contributed by atoms with van der Waals surface area (Å²) in [5, 5.41) is 0. The number of hydrogen-bond acceptors (Lipinski definition) is 6. The maximum absolute atomic E-state index is 12.8. The van der Waals surface area contributed by atoms with Crippen LogP contribution in [-0.2, 0) is 28.6 Å². The lowest BCUT2D eigenvalue weighted by Crippen LogP contribution is -2.30. The third kappa shape index (κ3) is 47.4. The minimum atomic E-state index is -0.811. The Morgan fingerprint density at radius 2 is 0.661 bits per heavy atom. The summed E-state index contributed by atoms with van der Waals surface area (Å²) in [5.41, 5.74) is 0. The van der Waals surface area contributed by atoms with E-state index in [1.807, 2.05) is 0 Å². The van der Waals surface area contributed by atoms with Crippen LogP contribution in [0.4, 0.5) is 0 Å². The smallest absolute Gasteiger partial charge is 0.306 e. The molecule has 0 aliphatic carbocycles. The first-order valence-corrected chi connectivity index (χ1v) is 25.2. The lowest BCUT2D eigenvalue weighted by atomic mass is 10.1. The van der Waals surface area contributed by atoms with Crippen molar-refractivity contribution in [1.82, 2.24) is 0 Å². The molecule has 6 nitrogen and oxygen atoms in total. The first kappa shape index (κ1) is 58.3. The summed E-state index contributed by atoms with van der Waals surface area (Å²) < 4.78 is 16.7. The van der Waals surface area contributed by atoms with Crippen molar-refractivity contribution in [2.75, 3.05) is 13.2 Å². The highest BCUT2D eigenvalue weighted by atomic mass is 16.6. The van der Waals surface area contributed by atoms with Gasteiger partial charge >= 0.3 is 17.9 Å². The van der Waals surface area contributed by atoms with Gasteiger partial charge in [0.1, 0.15) is 13.2 Å². The van der Waals surface area contributed by atoms with Gasteiger partial charge in [-0.3, -0.25) is 14.4 Å². The number of esters is 3. The van der Waals surface area contributed by atoms with Gasteiger partial charge in [-0.2, -0.15) is 0 Å². The van der Waals surface area contributed by atoms with Gasteiger partial charge in [0.25, 0.3) is 0 Å². The highest BCUT2D eigenvalue weighted by Gasteiger charge is 2.19. The Labute approximate surface area is 381 Å². The van der Waals surface area contributed by atoms with Crippen molar-refractivity contribution >= 4 is 17.9 Å². The summed E-state index contributed by atoms with van der Waals surface area (Å²) in [5.74, 6) is -0.996. The third-order valence-electron chi connectivity index (χ3n) is 10.3. The lowest BCUT2D eigenvalue weighted by Gasteiger charge is -2.18. The van der Waals surface area contributed by atoms with E-state index >= 15 is 0 Å². The van der Waals surface area contributed by atoms with Gasteiger partial charge in [0.05, 0.1) is 0 Å². The maximum atomic E-state index is 12.8. The highest BCUT2D eigenvalue weighted by molar-refractivity contribution is 5.71. The quantitative estimate of drug-likeness (QED) is 0.0263. The number of carbonyl (C=O) groups excluding carboxylic acids is 3. The second-order valence-electron chi connectivity index (χ2n) is 16.3. The van der Waals surface area contributed by atoms with Crippen molar-refractivity contribution in [3.05, 3.63) is 97.2 Å². The molecule has 0 aromatic rings. The predicted octanol–water partition coefficient (Wildman–Crippen LogP) is 16.6. The molecule has 0 N–H and O–H groups in total. The van der Waals surface area contributed by atoms with Crippen molar-refractivity contribution in [2.45, 2.75) is 226 Å². The molecule has 0 aliphatic rings. The fourth-order valence-corrected chi connectivity index (χ4v) is 6.49. The van der Waals surface area contributed by atoms with E-state index in [4.69, 9.17) is 14.2 Å². The van der Waals surface area contributed by atoms with E-state index in [1.165, 1.54) is 57.8 Å². The first-order chi connectivity index (χ1) is 30.5. The van der Waals surface area contributed by atoms with Gasteiger partial charge in [-0.15, -0.1) is 0 Å². The van der Waals surface area contributed by atoms with E-state index < -0.39 is 6.10 Å². The van der Waals surface area contributed by atoms with E-state index in [2.05, 4.69) is 118 Å². The molecule has 0 spiro atoms. The molecule has 0 saturated heterocycles. The normalized spacial score (nSPS) is 12.9. The SMILES string of the molecule is CC/C=C\C/C=C\C/C=C\C/C=C\C/C=C\CCCC(=O)OCC(COC(=O)CCCCCCC/C=C\CCCC)OC(=O)CCCCCCC/C=C\C/C=C\CCCCCC. The fraction of sp³-hybridized carbons (Fsp3) is 0.661. The van der Waals surface area contributed by atoms with Gasteiger partial charge in [-0.25, -0.2) is 0 Å². The topological polar surface area (TPSA) is 78.9 Å². The van der Waals surface area contributed by atoms with Crippen LogP contribution in [0.15, 0.2) is 97.2 Å². The Hall–Kier alpha value is -3.67. The van der Waals surface area contributed by atoms with Gasteiger partial charge in [0, 0.05) is 19.3 Å². The number of hydrogen-bond donors (Lipinski definition) is 0. The Balaban J connectivity index is 4.51. The third-order valence-corrected chi connectivity index (χ3v) is 10.3. The summed E-state index contributed by atoms with van der Waals surface area (Å²) in [6, 6.07) is 0. The molecule has 0 saturated carbocycles. The Bertz CT molecular complexity index is 1260. The van der Waals surface area contributed by atoms with E-state index in [9.17, 15) is 14.4 Å². The summed E-state index contributed by atoms with van der Waals surface area (Å²) in [7, 11) is 0. The zero-order valence-corrected chi connectivity index (χ0v) is 40.1. The van der Waals surface area contributed by atoms with Gasteiger partial charge < -0.3 is 14.2 Å². The van der Waals surface area contributed by atoms with Crippen LogP contribution in [0.25, 0.3) is 0 Å². The van der Waals surface area contributed by atoms with Crippen LogP contribution >= 0.6 is 0 Å². The molecule has 6 heteroatoms. The Kier molecular flexibility index (Phi) is 47.0. The van der Waals surface area contributed by atoms with E-state index in [0.717, 1.165) is 116 Å². The van der Waals surface area contributed by atoms with Gasteiger partial charge in [0.15, 0.2) is 6.10 Å². The minimum absolute atomic E-state index is 0.107. The first-order valence-electron chi connectivity index (χ1n) is 25.2. The highest BCUT2D eigenvalue weighted by Crippen LogP contribution is 2.12. The molecule has 62 heavy (non-hydrogen) atoms. The molecule has 0 aromatic heterocycles. The predicted molar refractivity (Wildman–Crippen MR) is 265 cm³/mol. The fourth-order valence-electron chi connectivity index (χ4n) is 6.49. The van der Waals surface area contributed by atoms with Crippen LogP contribution in [0.5, 0.6) is 0 Å². The van der Waals surface area contributed by atoms with E-state index in [0.29, 0.717) is 19.3 Å². The van der Waals surface area contributed by atoms with Crippen LogP contribution in [0.1, 0.15) is 220 Å². The zero-order valence-electron chi connectivity index (χ0n) is 40.1. The maximum Gasteiger partial charge on any atom is 0.306 e. The summed E-state index contributed by atoms with van der Waals surface area (Å²) in [6.45, 7) is 6.38. The molecule has 352 valence electrons. The number of unbranched alkanes of at least 4 members (excludes halogenated alkanes) is 17. The Morgan fingerprint density at radius 3 is 1.11 bits per heavy atom. The standard InChI is InChI=1S/C56H92O6/c1-4-7-10-13-16-19-22-24-26-28-30-31-34-37-40-43-46-49-55(58)61-52-53(51-60-54(57)48-45-42-39-36-33-21-18-15-12-9-6-3)62-56(59)50-47-44-41-38-35-32-29-27-25-23-20-17-14-11-8-5-2/h7,10,15-16,18-20,23-24,26-27,29-31,37,40,53H,4-6,8-9,11-14,17,21-22,25,28,32-36,38-39,41-52H2,1-3H3/b10-7-,18-15-,19-16-,23-20-,26-24-,29-27-,31-30-,40-37-. The molecule has 0 radical (unpaired) electrons. The molecule has 0 amide bonds. The number of carbonyl (C=O) groups is 3. The van der Waals surface area contributed by atoms with Crippen LogP contribution in [0.2, 0.25) is 0 Å². The number of allylic oxidation sites excluding steroid dienone is 16. The van der Waals surface area contributed by atoms with Crippen LogP contribution in [0, 0.1) is 0 Å². The van der Waals surface area contributed by atoms with Gasteiger partial charge in [-0.05, 0) is 109 Å². The second kappa shape index (κ2) is 50.0. The number of rotatable bonds is 44. The van der Waals surface area contributed by atoms with Gasteiger partial charge in [-0.1, -0.05) is 189 Å². The largest absolute Gasteiger partial charge is 0.462 e. The van der Waals surface area contributed by atoms with Crippen molar-refractivity contribution in [2.24, 2.45) is 0 Å². The lowest BCUT2D eigenvalue weighted by molar-refractivity contribution is -0.167. The van der Waals surface area contributed by atoms with Crippen LogP contribution in [0.3, 0.4) is 0 Å². The van der Waals surface area contributed by atoms with Gasteiger partial charge in [0.2, 0.25) is 0 Å². The van der Waals surface area contributed by atoms with Crippen molar-refractivity contribution in [3.8, 4) is 0 Å². The molecule has 1 atom stereocenters. The zero-order chi connectivity index (χ0) is 45.1. The van der Waals surface area contributed by atoms with Crippen molar-refractivity contribution in [3.63, 3.8) is 0 Å². The van der Waals surface area contributed by atoms with Crippen molar-refractivity contribution in [1.29, 1.82) is 0 Å². The molecular weight excluding hydrogens is 769 g/mol. The molecule has 0 fully saturated rings. The molecule has 0 aliphatic heterocycles. The Morgan fingerprint density at radius 1 is 0.339 bits per heavy atom. The van der Waals surface area contributed by atoms with E-state index in [-0.39, 0.29) is 37.5 Å². The average molecular weight is 861 g/mol. The second-order valence-corrected chi connectivity index (χ2v) is 16.3. The molecule has 1 unspecified atom stereocenters. The molecular formula is C56H92O6. The molecule has 0 heterocycles. The molecule has 0 aromatic carbocycles. The minimum Gasteiger partial charge on any atom is -0.462 e. The van der Waals surface area contributed by atoms with Crippen LogP contribution in [-0.4, -0.2) is 37.2 Å². The van der Waals surface area contributed by atoms with E-state index in [1.54, 1.807) is 0 Å². The summed E-state index contributed by atoms with van der Waals surface area (Å²) in [4.78, 5) is 37.9. The molecule has 0 bridgehead atoms. The average Bonchev–Trinajstić information content (AvgIpc) is 3.27. The summed E-state index contributed by atoms with van der Waals surface area (Å²) in [6.07, 6.45) is 65.3. The monoisotopic (exact) mass is 861 g/mol.